The highest BCUT2D eigenvalue weighted by Gasteiger charge is 2.22. The van der Waals surface area contributed by atoms with E-state index in [4.69, 9.17) is 4.74 Å². The van der Waals surface area contributed by atoms with Crippen molar-refractivity contribution in [3.05, 3.63) is 53.9 Å². The van der Waals surface area contributed by atoms with Gasteiger partial charge in [0.15, 0.2) is 0 Å². The quantitative estimate of drug-likeness (QED) is 0.862. The van der Waals surface area contributed by atoms with E-state index in [1.807, 2.05) is 29.2 Å². The molecule has 0 bridgehead atoms. The second-order valence-electron chi connectivity index (χ2n) is 6.95. The fraction of sp³-hybridized carbons (Fsp3) is 0.429. The minimum Gasteiger partial charge on any atom is -0.496 e. The average Bonchev–Trinajstić information content (AvgIpc) is 2.68. The molecule has 5 nitrogen and oxygen atoms in total. The summed E-state index contributed by atoms with van der Waals surface area (Å²) < 4.78 is 5.38. The van der Waals surface area contributed by atoms with Crippen molar-refractivity contribution < 1.29 is 9.53 Å². The third kappa shape index (κ3) is 4.54. The molecular formula is C21H27N3O2. The lowest BCUT2D eigenvalue weighted by molar-refractivity contribution is 0.0682. The number of aromatic nitrogens is 1. The number of nitrogens with one attached hydrogen (secondary N) is 1. The number of hydrogen-bond acceptors (Lipinski definition) is 4. The number of carbonyl (C=O) groups excluding carboxylic acids is 1. The number of para-hydroxylation sites is 1. The Morgan fingerprint density at radius 3 is 3.00 bits per heavy atom. The molecule has 1 aromatic carbocycles. The highest BCUT2D eigenvalue weighted by molar-refractivity contribution is 5.94. The van der Waals surface area contributed by atoms with Crippen LogP contribution in [0.25, 0.3) is 0 Å². The van der Waals surface area contributed by atoms with E-state index in [-0.39, 0.29) is 5.91 Å². The summed E-state index contributed by atoms with van der Waals surface area (Å²) in [6, 6.07) is 9.91. The second-order valence-corrected chi connectivity index (χ2v) is 6.95. The zero-order valence-corrected chi connectivity index (χ0v) is 15.6. The van der Waals surface area contributed by atoms with Crippen LogP contribution < -0.4 is 10.1 Å². The third-order valence-corrected chi connectivity index (χ3v) is 4.85. The summed E-state index contributed by atoms with van der Waals surface area (Å²) in [7, 11) is 1.69. The molecular weight excluding hydrogens is 326 g/mol. The first-order valence-electron chi connectivity index (χ1n) is 9.27. The average molecular weight is 353 g/mol. The summed E-state index contributed by atoms with van der Waals surface area (Å²) in [6.45, 7) is 4.63. The van der Waals surface area contributed by atoms with E-state index in [1.54, 1.807) is 19.5 Å². The maximum absolute atomic E-state index is 12.7. The number of hydrogen-bond donors (Lipinski definition) is 1. The lowest BCUT2D eigenvalue weighted by Gasteiger charge is -2.31. The van der Waals surface area contributed by atoms with Crippen molar-refractivity contribution in [1.82, 2.24) is 9.88 Å². The molecule has 1 amide bonds. The van der Waals surface area contributed by atoms with Gasteiger partial charge in [-0.15, -0.1) is 0 Å². The number of amides is 1. The molecule has 1 aliphatic heterocycles. The Morgan fingerprint density at radius 1 is 1.35 bits per heavy atom. The Kier molecular flexibility index (Phi) is 6.10. The number of methoxy groups -OCH3 is 1. The van der Waals surface area contributed by atoms with Crippen molar-refractivity contribution in [2.24, 2.45) is 5.92 Å². The third-order valence-electron chi connectivity index (χ3n) is 4.85. The van der Waals surface area contributed by atoms with Crippen LogP contribution in [0.4, 0.5) is 5.69 Å². The number of ether oxygens (including phenoxy) is 1. The number of pyridine rings is 1. The lowest BCUT2D eigenvalue weighted by Crippen LogP contribution is -2.39. The molecule has 0 aliphatic carbocycles. The predicted molar refractivity (Wildman–Crippen MR) is 104 cm³/mol. The van der Waals surface area contributed by atoms with Crippen molar-refractivity contribution in [3.8, 4) is 5.75 Å². The normalized spacial score (nSPS) is 17.0. The smallest absolute Gasteiger partial charge is 0.255 e. The SMILES string of the molecule is COc1ccccc1CCNc1cncc(C(=O)N2CCCC(C)C2)c1. The Labute approximate surface area is 155 Å². The summed E-state index contributed by atoms with van der Waals surface area (Å²) in [5.41, 5.74) is 2.68. The van der Waals surface area contributed by atoms with Gasteiger partial charge in [0.05, 0.1) is 18.4 Å². The Morgan fingerprint density at radius 2 is 2.19 bits per heavy atom. The molecule has 26 heavy (non-hydrogen) atoms. The van der Waals surface area contributed by atoms with Crippen molar-refractivity contribution in [3.63, 3.8) is 0 Å². The number of piperidine rings is 1. The standard InChI is InChI=1S/C21H27N3O2/c1-16-6-5-11-24(15-16)21(25)18-12-19(14-22-13-18)23-10-9-17-7-3-4-8-20(17)26-2/h3-4,7-8,12-14,16,23H,5-6,9-11,15H2,1-2H3. The van der Waals surface area contributed by atoms with E-state index < -0.39 is 0 Å². The minimum absolute atomic E-state index is 0.0810. The molecule has 1 saturated heterocycles. The van der Waals surface area contributed by atoms with Gasteiger partial charge in [0.2, 0.25) is 0 Å². The Bertz CT molecular complexity index is 748. The first-order chi connectivity index (χ1) is 12.7. The summed E-state index contributed by atoms with van der Waals surface area (Å²) in [5.74, 6) is 1.55. The first-order valence-corrected chi connectivity index (χ1v) is 9.27. The fourth-order valence-electron chi connectivity index (χ4n) is 3.46. The monoisotopic (exact) mass is 353 g/mol. The zero-order valence-electron chi connectivity index (χ0n) is 15.6. The van der Waals surface area contributed by atoms with Crippen LogP contribution in [-0.2, 0) is 6.42 Å². The molecule has 2 aromatic rings. The van der Waals surface area contributed by atoms with Gasteiger partial charge in [-0.2, -0.15) is 0 Å². The van der Waals surface area contributed by atoms with E-state index in [9.17, 15) is 4.79 Å². The number of likely N-dealkylation sites (tertiary alicyclic amines) is 1. The summed E-state index contributed by atoms with van der Waals surface area (Å²) >= 11 is 0. The van der Waals surface area contributed by atoms with E-state index in [0.717, 1.165) is 49.5 Å². The van der Waals surface area contributed by atoms with Crippen LogP contribution >= 0.6 is 0 Å². The van der Waals surface area contributed by atoms with Gasteiger partial charge in [0.1, 0.15) is 5.75 Å². The summed E-state index contributed by atoms with van der Waals surface area (Å²) in [4.78, 5) is 18.9. The van der Waals surface area contributed by atoms with Crippen LogP contribution in [0.2, 0.25) is 0 Å². The molecule has 1 fully saturated rings. The predicted octanol–water partition coefficient (Wildman–Crippen LogP) is 3.62. The molecule has 1 aromatic heterocycles. The number of benzene rings is 1. The largest absolute Gasteiger partial charge is 0.496 e. The summed E-state index contributed by atoms with van der Waals surface area (Å²) in [5, 5.41) is 3.36. The van der Waals surface area contributed by atoms with Crippen LogP contribution in [0, 0.1) is 5.92 Å². The van der Waals surface area contributed by atoms with Crippen LogP contribution in [0.15, 0.2) is 42.7 Å². The highest BCUT2D eigenvalue weighted by Crippen LogP contribution is 2.20. The number of carbonyl (C=O) groups is 1. The lowest BCUT2D eigenvalue weighted by atomic mass is 10.00. The van der Waals surface area contributed by atoms with Gasteiger partial charge in [-0.25, -0.2) is 0 Å². The number of anilines is 1. The molecule has 3 rings (SSSR count). The van der Waals surface area contributed by atoms with Crippen molar-refractivity contribution in [2.75, 3.05) is 32.1 Å². The number of rotatable bonds is 6. The van der Waals surface area contributed by atoms with Gasteiger partial charge in [0.25, 0.3) is 5.91 Å². The molecule has 1 unspecified atom stereocenters. The maximum atomic E-state index is 12.7. The molecule has 5 heteroatoms. The van der Waals surface area contributed by atoms with E-state index in [2.05, 4.69) is 23.3 Å². The second kappa shape index (κ2) is 8.70. The molecule has 1 N–H and O–H groups in total. The molecule has 0 radical (unpaired) electrons. The fourth-order valence-corrected chi connectivity index (χ4v) is 3.46. The van der Waals surface area contributed by atoms with Crippen molar-refractivity contribution in [2.45, 2.75) is 26.2 Å². The van der Waals surface area contributed by atoms with Gasteiger partial charge < -0.3 is 15.0 Å². The van der Waals surface area contributed by atoms with Crippen LogP contribution in [0.5, 0.6) is 5.75 Å². The topological polar surface area (TPSA) is 54.5 Å². The first kappa shape index (κ1) is 18.2. The van der Waals surface area contributed by atoms with Crippen molar-refractivity contribution >= 4 is 11.6 Å². The van der Waals surface area contributed by atoms with Gasteiger partial charge in [-0.05, 0) is 42.9 Å². The van der Waals surface area contributed by atoms with Crippen LogP contribution in [0.3, 0.4) is 0 Å². The van der Waals surface area contributed by atoms with E-state index in [1.165, 1.54) is 6.42 Å². The maximum Gasteiger partial charge on any atom is 0.255 e. The van der Waals surface area contributed by atoms with E-state index >= 15 is 0 Å². The van der Waals surface area contributed by atoms with Gasteiger partial charge in [-0.3, -0.25) is 9.78 Å². The molecule has 138 valence electrons. The van der Waals surface area contributed by atoms with Crippen LogP contribution in [0.1, 0.15) is 35.7 Å². The molecule has 1 aliphatic rings. The molecule has 0 saturated carbocycles. The minimum atomic E-state index is 0.0810. The Hall–Kier alpha value is -2.56. The molecule has 0 spiro atoms. The number of nitrogens with zero attached hydrogens (tertiary/aromatic N) is 2. The van der Waals surface area contributed by atoms with Gasteiger partial charge in [0, 0.05) is 32.0 Å². The Balaban J connectivity index is 1.59. The summed E-state index contributed by atoms with van der Waals surface area (Å²) in [6.07, 6.45) is 6.54. The van der Waals surface area contributed by atoms with E-state index in [0.29, 0.717) is 11.5 Å². The van der Waals surface area contributed by atoms with Gasteiger partial charge >= 0.3 is 0 Å². The van der Waals surface area contributed by atoms with Gasteiger partial charge in [-0.1, -0.05) is 25.1 Å². The van der Waals surface area contributed by atoms with Crippen LogP contribution in [-0.4, -0.2) is 42.5 Å². The highest BCUT2D eigenvalue weighted by atomic mass is 16.5. The molecule has 2 heterocycles. The molecule has 1 atom stereocenters. The zero-order chi connectivity index (χ0) is 18.4. The van der Waals surface area contributed by atoms with Crippen molar-refractivity contribution in [1.29, 1.82) is 0 Å².